The highest BCUT2D eigenvalue weighted by Crippen LogP contribution is 2.29. The Kier molecular flexibility index (Phi) is 4.68. The molecule has 1 unspecified atom stereocenters. The summed E-state index contributed by atoms with van der Waals surface area (Å²) in [6.45, 7) is 4.83. The van der Waals surface area contributed by atoms with E-state index in [0.717, 1.165) is 5.56 Å². The summed E-state index contributed by atoms with van der Waals surface area (Å²) in [5, 5.41) is 13.0. The first-order valence-corrected chi connectivity index (χ1v) is 5.32. The lowest BCUT2D eigenvalue weighted by atomic mass is 10.1. The van der Waals surface area contributed by atoms with Gasteiger partial charge in [0.1, 0.15) is 0 Å². The summed E-state index contributed by atoms with van der Waals surface area (Å²) in [7, 11) is 0. The van der Waals surface area contributed by atoms with Gasteiger partial charge in [0.05, 0.1) is 12.6 Å². The van der Waals surface area contributed by atoms with Crippen LogP contribution in [0.2, 0.25) is 0 Å². The number of terminal acetylenes is 1. The molecule has 0 spiro atoms. The van der Waals surface area contributed by atoms with Gasteiger partial charge in [0.2, 0.25) is 0 Å². The van der Waals surface area contributed by atoms with Crippen molar-refractivity contribution < 1.29 is 9.84 Å². The Morgan fingerprint density at radius 1 is 1.56 bits per heavy atom. The second-order valence-corrected chi connectivity index (χ2v) is 3.47. The van der Waals surface area contributed by atoms with Crippen molar-refractivity contribution in [3.8, 4) is 23.8 Å². The van der Waals surface area contributed by atoms with Crippen molar-refractivity contribution in [2.45, 2.75) is 26.4 Å². The number of hydrogen-bond acceptors (Lipinski definition) is 3. The smallest absolute Gasteiger partial charge is 0.162 e. The van der Waals surface area contributed by atoms with Gasteiger partial charge in [-0.25, -0.2) is 0 Å². The molecule has 0 radical (unpaired) electrons. The number of hydrogen-bond donors (Lipinski definition) is 2. The van der Waals surface area contributed by atoms with Crippen molar-refractivity contribution in [1.29, 1.82) is 0 Å². The summed E-state index contributed by atoms with van der Waals surface area (Å²) in [5.74, 6) is 3.26. The minimum Gasteiger partial charge on any atom is -0.504 e. The molecule has 3 nitrogen and oxygen atoms in total. The predicted octanol–water partition coefficient (Wildman–Crippen LogP) is 1.90. The van der Waals surface area contributed by atoms with E-state index in [1.165, 1.54) is 0 Å². The van der Waals surface area contributed by atoms with Crippen molar-refractivity contribution in [2.24, 2.45) is 0 Å². The van der Waals surface area contributed by atoms with Gasteiger partial charge in [0.25, 0.3) is 0 Å². The highest BCUT2D eigenvalue weighted by atomic mass is 16.5. The molecule has 0 saturated carbocycles. The molecule has 1 rings (SSSR count). The number of phenols is 1. The van der Waals surface area contributed by atoms with Crippen molar-refractivity contribution >= 4 is 0 Å². The molecule has 0 heterocycles. The van der Waals surface area contributed by atoms with Gasteiger partial charge in [-0.3, -0.25) is 5.32 Å². The van der Waals surface area contributed by atoms with Gasteiger partial charge in [-0.05, 0) is 19.9 Å². The molecule has 1 atom stereocenters. The minimum atomic E-state index is -0.0184. The first-order valence-electron chi connectivity index (χ1n) is 5.32. The Labute approximate surface area is 96.4 Å². The third kappa shape index (κ3) is 3.18. The molecule has 0 aliphatic carbocycles. The van der Waals surface area contributed by atoms with Gasteiger partial charge in [-0.15, -0.1) is 6.42 Å². The molecule has 16 heavy (non-hydrogen) atoms. The van der Waals surface area contributed by atoms with Crippen LogP contribution in [0.4, 0.5) is 0 Å². The standard InChI is InChI=1S/C13H17NO2/c1-4-10(3)14-9-11-7-6-8-12(13(11)15)16-5-2/h1,6-8,10,14-15H,5,9H2,2-3H3. The monoisotopic (exact) mass is 219 g/mol. The highest BCUT2D eigenvalue weighted by molar-refractivity contribution is 5.45. The van der Waals surface area contributed by atoms with Crippen LogP contribution < -0.4 is 10.1 Å². The van der Waals surface area contributed by atoms with E-state index in [1.807, 2.05) is 26.0 Å². The van der Waals surface area contributed by atoms with Crippen LogP contribution in [0.5, 0.6) is 11.5 Å². The molecular formula is C13H17NO2. The van der Waals surface area contributed by atoms with Gasteiger partial charge in [-0.2, -0.15) is 0 Å². The largest absolute Gasteiger partial charge is 0.504 e. The molecule has 0 aliphatic heterocycles. The third-order valence-electron chi connectivity index (χ3n) is 2.23. The van der Waals surface area contributed by atoms with Crippen LogP contribution in [0.15, 0.2) is 18.2 Å². The zero-order valence-electron chi connectivity index (χ0n) is 9.66. The fraction of sp³-hybridized carbons (Fsp3) is 0.385. The molecule has 0 aromatic heterocycles. The first kappa shape index (κ1) is 12.4. The lowest BCUT2D eigenvalue weighted by Crippen LogP contribution is -2.23. The zero-order valence-corrected chi connectivity index (χ0v) is 9.66. The molecule has 0 amide bonds. The van der Waals surface area contributed by atoms with E-state index >= 15 is 0 Å². The lowest BCUT2D eigenvalue weighted by Gasteiger charge is -2.12. The molecule has 1 aromatic rings. The maximum Gasteiger partial charge on any atom is 0.162 e. The summed E-state index contributed by atoms with van der Waals surface area (Å²) in [6.07, 6.45) is 5.25. The van der Waals surface area contributed by atoms with E-state index in [4.69, 9.17) is 11.2 Å². The van der Waals surface area contributed by atoms with Crippen LogP contribution in [0, 0.1) is 12.3 Å². The molecule has 86 valence electrons. The van der Waals surface area contributed by atoms with Crippen LogP contribution >= 0.6 is 0 Å². The minimum absolute atomic E-state index is 0.0184. The summed E-state index contributed by atoms with van der Waals surface area (Å²) in [4.78, 5) is 0. The Bertz CT molecular complexity index is 382. The molecular weight excluding hydrogens is 202 g/mol. The number of aromatic hydroxyl groups is 1. The third-order valence-corrected chi connectivity index (χ3v) is 2.23. The van der Waals surface area contributed by atoms with Crippen LogP contribution in [0.25, 0.3) is 0 Å². The van der Waals surface area contributed by atoms with Crippen molar-refractivity contribution in [3.05, 3.63) is 23.8 Å². The van der Waals surface area contributed by atoms with Crippen LogP contribution in [0.1, 0.15) is 19.4 Å². The van der Waals surface area contributed by atoms with Crippen LogP contribution in [-0.4, -0.2) is 17.8 Å². The fourth-order valence-electron chi connectivity index (χ4n) is 1.30. The summed E-state index contributed by atoms with van der Waals surface area (Å²) in [5.41, 5.74) is 0.785. The Balaban J connectivity index is 2.73. The zero-order chi connectivity index (χ0) is 12.0. The fourth-order valence-corrected chi connectivity index (χ4v) is 1.30. The maximum absolute atomic E-state index is 9.89. The molecule has 2 N–H and O–H groups in total. The van der Waals surface area contributed by atoms with Crippen molar-refractivity contribution in [2.75, 3.05) is 6.61 Å². The molecule has 0 fully saturated rings. The van der Waals surface area contributed by atoms with Gasteiger partial charge < -0.3 is 9.84 Å². The Morgan fingerprint density at radius 2 is 2.31 bits per heavy atom. The Morgan fingerprint density at radius 3 is 2.94 bits per heavy atom. The SMILES string of the molecule is C#CC(C)NCc1cccc(OCC)c1O. The van der Waals surface area contributed by atoms with Gasteiger partial charge in [0, 0.05) is 12.1 Å². The second kappa shape index (κ2) is 6.04. The number of phenolic OH excluding ortho intramolecular Hbond substituents is 1. The quantitative estimate of drug-likeness (QED) is 0.743. The van der Waals surface area contributed by atoms with Gasteiger partial charge >= 0.3 is 0 Å². The van der Waals surface area contributed by atoms with Crippen molar-refractivity contribution in [1.82, 2.24) is 5.32 Å². The van der Waals surface area contributed by atoms with E-state index in [2.05, 4.69) is 11.2 Å². The first-order chi connectivity index (χ1) is 7.69. The molecule has 0 bridgehead atoms. The normalized spacial score (nSPS) is 11.8. The molecule has 0 saturated heterocycles. The van der Waals surface area contributed by atoms with E-state index in [-0.39, 0.29) is 11.8 Å². The van der Waals surface area contributed by atoms with Crippen LogP contribution in [-0.2, 0) is 6.54 Å². The van der Waals surface area contributed by atoms with Crippen LogP contribution in [0.3, 0.4) is 0 Å². The molecule has 1 aromatic carbocycles. The van der Waals surface area contributed by atoms with E-state index in [1.54, 1.807) is 6.07 Å². The summed E-state index contributed by atoms with van der Waals surface area (Å²) < 4.78 is 5.29. The number of para-hydroxylation sites is 1. The number of rotatable bonds is 5. The maximum atomic E-state index is 9.89. The predicted molar refractivity (Wildman–Crippen MR) is 64.4 cm³/mol. The van der Waals surface area contributed by atoms with Crippen molar-refractivity contribution in [3.63, 3.8) is 0 Å². The average molecular weight is 219 g/mol. The number of benzene rings is 1. The lowest BCUT2D eigenvalue weighted by molar-refractivity contribution is 0.316. The summed E-state index contributed by atoms with van der Waals surface area (Å²) >= 11 is 0. The van der Waals surface area contributed by atoms with E-state index in [0.29, 0.717) is 18.9 Å². The second-order valence-electron chi connectivity index (χ2n) is 3.47. The van der Waals surface area contributed by atoms with Gasteiger partial charge in [0.15, 0.2) is 11.5 Å². The highest BCUT2D eigenvalue weighted by Gasteiger charge is 2.07. The number of nitrogens with one attached hydrogen (secondary N) is 1. The van der Waals surface area contributed by atoms with E-state index in [9.17, 15) is 5.11 Å². The topological polar surface area (TPSA) is 41.5 Å². The summed E-state index contributed by atoms with van der Waals surface area (Å²) in [6, 6.07) is 5.42. The van der Waals surface area contributed by atoms with E-state index < -0.39 is 0 Å². The average Bonchev–Trinajstić information content (AvgIpc) is 2.30. The Hall–Kier alpha value is -1.66. The van der Waals surface area contributed by atoms with Gasteiger partial charge in [-0.1, -0.05) is 18.1 Å². The molecule has 0 aliphatic rings. The molecule has 3 heteroatoms. The number of ether oxygens (including phenoxy) is 1.